The maximum Gasteiger partial charge on any atom is 0.240 e. The molecule has 134 valence electrons. The minimum atomic E-state index is -3.60. The van der Waals surface area contributed by atoms with Crippen molar-refractivity contribution in [2.24, 2.45) is 0 Å². The van der Waals surface area contributed by atoms with E-state index < -0.39 is 10.0 Å². The van der Waals surface area contributed by atoms with Crippen LogP contribution in [0.1, 0.15) is 5.56 Å². The highest BCUT2D eigenvalue weighted by molar-refractivity contribution is 8.00. The maximum absolute atomic E-state index is 12.1. The third kappa shape index (κ3) is 5.12. The number of aryl methyl sites for hydroxylation is 1. The molecule has 0 fully saturated rings. The molecule has 0 unspecified atom stereocenters. The van der Waals surface area contributed by atoms with Gasteiger partial charge in [-0.15, -0.1) is 11.8 Å². The van der Waals surface area contributed by atoms with E-state index in [9.17, 15) is 13.2 Å². The Hall–Kier alpha value is -1.25. The molecular weight excluding hydrogens is 403 g/mol. The maximum atomic E-state index is 12.1. The number of sulfonamides is 1. The van der Waals surface area contributed by atoms with Crippen LogP contribution in [0.5, 0.6) is 0 Å². The van der Waals surface area contributed by atoms with Crippen molar-refractivity contribution in [1.29, 1.82) is 0 Å². The molecule has 0 saturated carbocycles. The Balaban J connectivity index is 2.10. The summed E-state index contributed by atoms with van der Waals surface area (Å²) < 4.78 is 26.2. The Morgan fingerprint density at radius 2 is 1.80 bits per heavy atom. The third-order valence-corrected chi connectivity index (χ3v) is 6.84. The zero-order valence-electron chi connectivity index (χ0n) is 13.5. The SMILES string of the molecule is CNS(=O)(=O)c1cc(NC(=O)CSc2c(Cl)cccc2Cl)ccc1C. The number of hydrogen-bond donors (Lipinski definition) is 2. The Kier molecular flexibility index (Phi) is 6.76. The topological polar surface area (TPSA) is 75.3 Å². The van der Waals surface area contributed by atoms with Crippen LogP contribution < -0.4 is 10.0 Å². The summed E-state index contributed by atoms with van der Waals surface area (Å²) in [5.41, 5.74) is 0.986. The van der Waals surface area contributed by atoms with Gasteiger partial charge in [0.25, 0.3) is 0 Å². The lowest BCUT2D eigenvalue weighted by Gasteiger charge is -2.11. The fraction of sp³-hybridized carbons (Fsp3) is 0.188. The van der Waals surface area contributed by atoms with Crippen molar-refractivity contribution in [3.8, 4) is 0 Å². The fourth-order valence-corrected chi connectivity index (χ4v) is 4.51. The van der Waals surface area contributed by atoms with Gasteiger partial charge in [0.1, 0.15) is 0 Å². The molecule has 0 saturated heterocycles. The van der Waals surface area contributed by atoms with Crippen molar-refractivity contribution in [3.05, 3.63) is 52.0 Å². The van der Waals surface area contributed by atoms with Gasteiger partial charge in [-0.05, 0) is 43.8 Å². The van der Waals surface area contributed by atoms with Gasteiger partial charge < -0.3 is 5.32 Å². The van der Waals surface area contributed by atoms with Gasteiger partial charge in [-0.3, -0.25) is 4.79 Å². The van der Waals surface area contributed by atoms with Crippen molar-refractivity contribution in [2.75, 3.05) is 18.1 Å². The first-order valence-corrected chi connectivity index (χ1v) is 10.4. The third-order valence-electron chi connectivity index (χ3n) is 3.30. The van der Waals surface area contributed by atoms with E-state index in [0.29, 0.717) is 26.2 Å². The highest BCUT2D eigenvalue weighted by Crippen LogP contribution is 2.33. The summed E-state index contributed by atoms with van der Waals surface area (Å²) in [7, 11) is -2.26. The van der Waals surface area contributed by atoms with Gasteiger partial charge in [0.2, 0.25) is 15.9 Å². The lowest BCUT2D eigenvalue weighted by atomic mass is 10.2. The summed E-state index contributed by atoms with van der Waals surface area (Å²) in [6, 6.07) is 9.83. The molecule has 5 nitrogen and oxygen atoms in total. The van der Waals surface area contributed by atoms with E-state index in [1.165, 1.54) is 24.9 Å². The van der Waals surface area contributed by atoms with Crippen LogP contribution in [0.15, 0.2) is 46.2 Å². The Morgan fingerprint density at radius 1 is 1.16 bits per heavy atom. The number of rotatable bonds is 6. The molecule has 0 atom stereocenters. The molecule has 0 heterocycles. The number of thioether (sulfide) groups is 1. The monoisotopic (exact) mass is 418 g/mol. The summed E-state index contributed by atoms with van der Waals surface area (Å²) in [6.45, 7) is 1.69. The van der Waals surface area contributed by atoms with Gasteiger partial charge in [-0.1, -0.05) is 35.3 Å². The number of amides is 1. The molecule has 2 rings (SSSR count). The first-order valence-electron chi connectivity index (χ1n) is 7.15. The molecule has 2 aromatic rings. The molecule has 9 heteroatoms. The lowest BCUT2D eigenvalue weighted by molar-refractivity contribution is -0.113. The van der Waals surface area contributed by atoms with E-state index in [0.717, 1.165) is 0 Å². The van der Waals surface area contributed by atoms with Gasteiger partial charge in [-0.2, -0.15) is 0 Å². The van der Waals surface area contributed by atoms with Crippen LogP contribution >= 0.6 is 35.0 Å². The van der Waals surface area contributed by atoms with Gasteiger partial charge in [0.15, 0.2) is 0 Å². The van der Waals surface area contributed by atoms with Gasteiger partial charge in [-0.25, -0.2) is 13.1 Å². The normalized spacial score (nSPS) is 11.4. The Bertz CT molecular complexity index is 882. The lowest BCUT2D eigenvalue weighted by Crippen LogP contribution is -2.20. The number of carbonyl (C=O) groups is 1. The smallest absolute Gasteiger partial charge is 0.240 e. The standard InChI is InChI=1S/C16H16Cl2N2O3S2/c1-10-6-7-11(8-14(10)25(22,23)19-2)20-15(21)9-24-16-12(17)4-3-5-13(16)18/h3-8,19H,9H2,1-2H3,(H,20,21). The predicted molar refractivity (Wildman–Crippen MR) is 103 cm³/mol. The molecule has 0 radical (unpaired) electrons. The molecule has 0 spiro atoms. The van der Waals surface area contributed by atoms with Gasteiger partial charge in [0, 0.05) is 10.6 Å². The van der Waals surface area contributed by atoms with Crippen molar-refractivity contribution in [1.82, 2.24) is 4.72 Å². The van der Waals surface area contributed by atoms with Crippen LogP contribution in [-0.4, -0.2) is 27.1 Å². The molecule has 2 aromatic carbocycles. The van der Waals surface area contributed by atoms with Crippen LogP contribution in [-0.2, 0) is 14.8 Å². The van der Waals surface area contributed by atoms with Crippen molar-refractivity contribution in [3.63, 3.8) is 0 Å². The average molecular weight is 419 g/mol. The number of anilines is 1. The Labute approximate surface area is 161 Å². The van der Waals surface area contributed by atoms with E-state index in [2.05, 4.69) is 10.0 Å². The minimum absolute atomic E-state index is 0.0887. The van der Waals surface area contributed by atoms with E-state index in [-0.39, 0.29) is 16.6 Å². The van der Waals surface area contributed by atoms with Crippen molar-refractivity contribution >= 4 is 56.6 Å². The molecule has 0 bridgehead atoms. The van der Waals surface area contributed by atoms with E-state index in [4.69, 9.17) is 23.2 Å². The van der Waals surface area contributed by atoms with Crippen molar-refractivity contribution < 1.29 is 13.2 Å². The van der Waals surface area contributed by atoms with E-state index in [1.54, 1.807) is 37.3 Å². The second-order valence-electron chi connectivity index (χ2n) is 5.08. The van der Waals surface area contributed by atoms with Crippen LogP contribution in [0.4, 0.5) is 5.69 Å². The second kappa shape index (κ2) is 8.42. The number of halogens is 2. The molecule has 2 N–H and O–H groups in total. The number of nitrogens with one attached hydrogen (secondary N) is 2. The molecule has 0 aliphatic heterocycles. The molecule has 0 aliphatic rings. The highest BCUT2D eigenvalue weighted by atomic mass is 35.5. The first kappa shape index (κ1) is 20.1. The molecular formula is C16H16Cl2N2O3S2. The first-order chi connectivity index (χ1) is 11.7. The van der Waals surface area contributed by atoms with Gasteiger partial charge in [0.05, 0.1) is 20.7 Å². The number of benzene rings is 2. The van der Waals surface area contributed by atoms with E-state index in [1.807, 2.05) is 0 Å². The average Bonchev–Trinajstić information content (AvgIpc) is 2.56. The highest BCUT2D eigenvalue weighted by Gasteiger charge is 2.16. The van der Waals surface area contributed by atoms with Crippen LogP contribution in [0.2, 0.25) is 10.0 Å². The van der Waals surface area contributed by atoms with Gasteiger partial charge >= 0.3 is 0 Å². The Morgan fingerprint density at radius 3 is 2.40 bits per heavy atom. The zero-order chi connectivity index (χ0) is 18.6. The second-order valence-corrected chi connectivity index (χ2v) is 8.73. The van der Waals surface area contributed by atoms with E-state index >= 15 is 0 Å². The summed E-state index contributed by atoms with van der Waals surface area (Å²) in [4.78, 5) is 12.9. The molecule has 25 heavy (non-hydrogen) atoms. The van der Waals surface area contributed by atoms with Crippen LogP contribution in [0, 0.1) is 6.92 Å². The minimum Gasteiger partial charge on any atom is -0.325 e. The number of carbonyl (C=O) groups excluding carboxylic acids is 1. The molecule has 0 aliphatic carbocycles. The van der Waals surface area contributed by atoms with Crippen LogP contribution in [0.25, 0.3) is 0 Å². The molecule has 1 amide bonds. The summed E-state index contributed by atoms with van der Waals surface area (Å²) in [5, 5.41) is 3.63. The van der Waals surface area contributed by atoms with Crippen molar-refractivity contribution in [2.45, 2.75) is 16.7 Å². The number of hydrogen-bond acceptors (Lipinski definition) is 4. The largest absolute Gasteiger partial charge is 0.325 e. The summed E-state index contributed by atoms with van der Waals surface area (Å²) in [6.07, 6.45) is 0. The summed E-state index contributed by atoms with van der Waals surface area (Å²) >= 11 is 13.3. The van der Waals surface area contributed by atoms with Crippen LogP contribution in [0.3, 0.4) is 0 Å². The fourth-order valence-electron chi connectivity index (χ4n) is 2.03. The zero-order valence-corrected chi connectivity index (χ0v) is 16.6. The predicted octanol–water partition coefficient (Wildman–Crippen LogP) is 3.94. The quantitative estimate of drug-likeness (QED) is 0.696. The summed E-state index contributed by atoms with van der Waals surface area (Å²) in [5.74, 6) is -0.205. The molecule has 0 aromatic heterocycles.